The van der Waals surface area contributed by atoms with E-state index in [1.165, 1.54) is 12.8 Å². The molecule has 0 saturated carbocycles. The van der Waals surface area contributed by atoms with Crippen molar-refractivity contribution in [1.29, 1.82) is 0 Å². The van der Waals surface area contributed by atoms with Crippen LogP contribution in [0, 0.1) is 0 Å². The Morgan fingerprint density at radius 3 is 3.05 bits per heavy atom. The molecule has 0 spiro atoms. The number of aliphatic hydroxyl groups excluding tert-OH is 1. The van der Waals surface area contributed by atoms with Crippen LogP contribution >= 0.6 is 0 Å². The van der Waals surface area contributed by atoms with E-state index in [-0.39, 0.29) is 12.2 Å². The third kappa shape index (κ3) is 3.14. The molecule has 2 heterocycles. The van der Waals surface area contributed by atoms with Gasteiger partial charge in [-0.1, -0.05) is 18.6 Å². The number of piperidine rings is 1. The Morgan fingerprint density at radius 2 is 2.19 bits per heavy atom. The van der Waals surface area contributed by atoms with Crippen molar-refractivity contribution < 1.29 is 5.11 Å². The van der Waals surface area contributed by atoms with Gasteiger partial charge in [0.15, 0.2) is 0 Å². The van der Waals surface area contributed by atoms with Crippen molar-refractivity contribution in [3.8, 4) is 0 Å². The van der Waals surface area contributed by atoms with E-state index in [1.807, 2.05) is 18.2 Å². The molecule has 112 valence electrons. The third-order valence-corrected chi connectivity index (χ3v) is 4.23. The molecule has 2 N–H and O–H groups in total. The number of benzene rings is 1. The summed E-state index contributed by atoms with van der Waals surface area (Å²) in [6.45, 7) is 1.86. The molecule has 0 aliphatic carbocycles. The normalized spacial score (nSPS) is 20.0. The number of hydrogen-bond acceptors (Lipinski definition) is 4. The first-order valence-electron chi connectivity index (χ1n) is 7.61. The molecule has 1 aliphatic rings. The molecule has 21 heavy (non-hydrogen) atoms. The van der Waals surface area contributed by atoms with Gasteiger partial charge >= 0.3 is 0 Å². The Hall–Kier alpha value is -1.72. The van der Waals surface area contributed by atoms with Crippen LogP contribution < -0.4 is 5.56 Å². The van der Waals surface area contributed by atoms with Gasteiger partial charge in [-0.25, -0.2) is 4.98 Å². The van der Waals surface area contributed by atoms with Crippen LogP contribution in [0.5, 0.6) is 0 Å². The first kappa shape index (κ1) is 14.2. The molecule has 1 atom stereocenters. The number of H-pyrrole nitrogens is 1. The van der Waals surface area contributed by atoms with E-state index in [0.717, 1.165) is 24.9 Å². The minimum atomic E-state index is -0.0775. The van der Waals surface area contributed by atoms with E-state index in [4.69, 9.17) is 0 Å². The molecule has 1 aromatic carbocycles. The summed E-state index contributed by atoms with van der Waals surface area (Å²) in [6, 6.07) is 7.80. The maximum absolute atomic E-state index is 12.1. The van der Waals surface area contributed by atoms with Crippen LogP contribution in [0.25, 0.3) is 10.9 Å². The van der Waals surface area contributed by atoms with Gasteiger partial charge in [-0.15, -0.1) is 0 Å². The van der Waals surface area contributed by atoms with Crippen LogP contribution in [0.2, 0.25) is 0 Å². The summed E-state index contributed by atoms with van der Waals surface area (Å²) in [5, 5.41) is 9.82. The summed E-state index contributed by atoms with van der Waals surface area (Å²) in [6.07, 6.45) is 4.28. The van der Waals surface area contributed by atoms with E-state index in [1.54, 1.807) is 6.07 Å². The van der Waals surface area contributed by atoms with E-state index in [2.05, 4.69) is 14.9 Å². The van der Waals surface area contributed by atoms with E-state index in [0.29, 0.717) is 23.8 Å². The lowest BCUT2D eigenvalue weighted by Gasteiger charge is -2.35. The van der Waals surface area contributed by atoms with Gasteiger partial charge in [0.05, 0.1) is 17.4 Å². The van der Waals surface area contributed by atoms with Crippen molar-refractivity contribution in [3.63, 3.8) is 0 Å². The Morgan fingerprint density at radius 1 is 1.33 bits per heavy atom. The number of nitrogens with zero attached hydrogens (tertiary/aromatic N) is 2. The molecule has 1 saturated heterocycles. The smallest absolute Gasteiger partial charge is 0.258 e. The number of aliphatic hydroxyl groups is 1. The second-order valence-electron chi connectivity index (χ2n) is 5.66. The topological polar surface area (TPSA) is 69.2 Å². The van der Waals surface area contributed by atoms with Gasteiger partial charge in [-0.05, 0) is 37.9 Å². The minimum absolute atomic E-state index is 0.0775. The Balaban J connectivity index is 1.85. The number of para-hydroxylation sites is 1. The third-order valence-electron chi connectivity index (χ3n) is 4.23. The molecule has 0 radical (unpaired) electrons. The highest BCUT2D eigenvalue weighted by Gasteiger charge is 2.22. The van der Waals surface area contributed by atoms with Crippen LogP contribution in [0.15, 0.2) is 29.1 Å². The lowest BCUT2D eigenvalue weighted by atomic mass is 9.99. The zero-order valence-corrected chi connectivity index (χ0v) is 12.1. The van der Waals surface area contributed by atoms with Crippen molar-refractivity contribution in [2.75, 3.05) is 13.2 Å². The second-order valence-corrected chi connectivity index (χ2v) is 5.66. The zero-order valence-electron chi connectivity index (χ0n) is 12.1. The van der Waals surface area contributed by atoms with Gasteiger partial charge in [-0.3, -0.25) is 9.69 Å². The van der Waals surface area contributed by atoms with Gasteiger partial charge in [0.25, 0.3) is 5.56 Å². The molecular weight excluding hydrogens is 266 g/mol. The van der Waals surface area contributed by atoms with Crippen LogP contribution in [-0.4, -0.2) is 39.2 Å². The summed E-state index contributed by atoms with van der Waals surface area (Å²) in [5.74, 6) is 0.712. The number of aromatic amines is 1. The molecular formula is C16H21N3O2. The zero-order chi connectivity index (χ0) is 14.7. The molecule has 0 unspecified atom stereocenters. The Bertz CT molecular complexity index is 666. The second kappa shape index (κ2) is 6.37. The van der Waals surface area contributed by atoms with Gasteiger partial charge in [0, 0.05) is 12.6 Å². The lowest BCUT2D eigenvalue weighted by Crippen LogP contribution is -2.40. The highest BCUT2D eigenvalue weighted by Crippen LogP contribution is 2.21. The maximum atomic E-state index is 12.1. The summed E-state index contributed by atoms with van der Waals surface area (Å²) >= 11 is 0. The fraction of sp³-hybridized carbons (Fsp3) is 0.500. The van der Waals surface area contributed by atoms with Crippen molar-refractivity contribution in [1.82, 2.24) is 14.9 Å². The molecule has 3 rings (SSSR count). The van der Waals surface area contributed by atoms with Gasteiger partial charge in [0.2, 0.25) is 0 Å². The monoisotopic (exact) mass is 287 g/mol. The SMILES string of the molecule is O=c1[nH]c(CN2CCCC[C@H]2CCO)nc2ccccc12. The molecule has 5 nitrogen and oxygen atoms in total. The Labute approximate surface area is 123 Å². The largest absolute Gasteiger partial charge is 0.396 e. The fourth-order valence-electron chi connectivity index (χ4n) is 3.15. The van der Waals surface area contributed by atoms with Crippen LogP contribution in [0.4, 0.5) is 0 Å². The number of fused-ring (bicyclic) bond motifs is 1. The average molecular weight is 287 g/mol. The van der Waals surface area contributed by atoms with E-state index < -0.39 is 0 Å². The van der Waals surface area contributed by atoms with Crippen LogP contribution in [0.3, 0.4) is 0 Å². The standard InChI is InChI=1S/C16H21N3O2/c20-10-8-12-5-3-4-9-19(12)11-15-17-14-7-2-1-6-13(14)16(21)18-15/h1-2,6-7,12,20H,3-5,8-11H2,(H,17,18,21)/t12-/m0/s1. The number of aromatic nitrogens is 2. The minimum Gasteiger partial charge on any atom is -0.396 e. The molecule has 2 aromatic rings. The highest BCUT2D eigenvalue weighted by molar-refractivity contribution is 5.77. The summed E-state index contributed by atoms with van der Waals surface area (Å²) in [7, 11) is 0. The molecule has 1 aliphatic heterocycles. The average Bonchev–Trinajstić information content (AvgIpc) is 2.50. The molecule has 1 fully saturated rings. The van der Waals surface area contributed by atoms with Gasteiger partial charge in [-0.2, -0.15) is 0 Å². The Kier molecular flexibility index (Phi) is 4.31. The number of likely N-dealkylation sites (tertiary alicyclic amines) is 1. The fourth-order valence-corrected chi connectivity index (χ4v) is 3.15. The number of hydrogen-bond donors (Lipinski definition) is 2. The van der Waals surface area contributed by atoms with E-state index >= 15 is 0 Å². The van der Waals surface area contributed by atoms with Gasteiger partial charge < -0.3 is 10.1 Å². The van der Waals surface area contributed by atoms with Gasteiger partial charge in [0.1, 0.15) is 5.82 Å². The summed E-state index contributed by atoms with van der Waals surface area (Å²) in [4.78, 5) is 21.9. The number of rotatable bonds is 4. The summed E-state index contributed by atoms with van der Waals surface area (Å²) < 4.78 is 0. The van der Waals surface area contributed by atoms with Crippen LogP contribution in [0.1, 0.15) is 31.5 Å². The molecule has 0 bridgehead atoms. The summed E-state index contributed by atoms with van der Waals surface area (Å²) in [5.41, 5.74) is 0.665. The van der Waals surface area contributed by atoms with Crippen molar-refractivity contribution in [2.45, 2.75) is 38.3 Å². The first-order chi connectivity index (χ1) is 10.3. The van der Waals surface area contributed by atoms with Crippen molar-refractivity contribution in [3.05, 3.63) is 40.4 Å². The lowest BCUT2D eigenvalue weighted by molar-refractivity contribution is 0.110. The van der Waals surface area contributed by atoms with E-state index in [9.17, 15) is 9.90 Å². The quantitative estimate of drug-likeness (QED) is 0.897. The number of nitrogens with one attached hydrogen (secondary N) is 1. The predicted octanol–water partition coefficient (Wildman–Crippen LogP) is 1.66. The van der Waals surface area contributed by atoms with Crippen molar-refractivity contribution in [2.24, 2.45) is 0 Å². The maximum Gasteiger partial charge on any atom is 0.258 e. The predicted molar refractivity (Wildman–Crippen MR) is 82.1 cm³/mol. The molecule has 1 aromatic heterocycles. The molecule has 0 amide bonds. The highest BCUT2D eigenvalue weighted by atomic mass is 16.3. The van der Waals surface area contributed by atoms with Crippen LogP contribution in [-0.2, 0) is 6.54 Å². The first-order valence-corrected chi connectivity index (χ1v) is 7.61. The molecule has 5 heteroatoms. The van der Waals surface area contributed by atoms with Crippen molar-refractivity contribution >= 4 is 10.9 Å².